The average molecular weight is 395 g/mol. The highest BCUT2D eigenvalue weighted by atomic mass is 35.5. The summed E-state index contributed by atoms with van der Waals surface area (Å²) >= 11 is 5.98. The molecule has 2 heterocycles. The van der Waals surface area contributed by atoms with Crippen molar-refractivity contribution in [2.24, 2.45) is 0 Å². The minimum absolute atomic E-state index is 0.00702. The Morgan fingerprint density at radius 3 is 2.73 bits per heavy atom. The Kier molecular flexibility index (Phi) is 5.15. The van der Waals surface area contributed by atoms with Crippen LogP contribution in [0.2, 0.25) is 5.02 Å². The van der Waals surface area contributed by atoms with Gasteiger partial charge < -0.3 is 10.2 Å². The van der Waals surface area contributed by atoms with Crippen LogP contribution in [0.15, 0.2) is 30.3 Å². The van der Waals surface area contributed by atoms with Crippen molar-refractivity contribution in [1.29, 1.82) is 0 Å². The summed E-state index contributed by atoms with van der Waals surface area (Å²) < 4.78 is 23.3. The number of amides is 1. The van der Waals surface area contributed by atoms with Crippen LogP contribution in [-0.4, -0.2) is 53.8 Å². The van der Waals surface area contributed by atoms with E-state index in [9.17, 15) is 13.2 Å². The van der Waals surface area contributed by atoms with Gasteiger partial charge in [0.1, 0.15) is 17.3 Å². The molecule has 1 unspecified atom stereocenters. The zero-order valence-corrected chi connectivity index (χ0v) is 16.0. The van der Waals surface area contributed by atoms with Crippen LogP contribution < -0.4 is 5.32 Å². The zero-order valence-electron chi connectivity index (χ0n) is 14.4. The second-order valence-corrected chi connectivity index (χ2v) is 8.96. The summed E-state index contributed by atoms with van der Waals surface area (Å²) in [6, 6.07) is 8.37. The highest BCUT2D eigenvalue weighted by Crippen LogP contribution is 2.21. The molecule has 1 aromatic heterocycles. The number of sulfone groups is 1. The molecule has 0 bridgehead atoms. The van der Waals surface area contributed by atoms with Gasteiger partial charge in [0.25, 0.3) is 5.91 Å². The number of nitrogens with one attached hydrogen (secondary N) is 1. The SMILES string of the molecule is Cc1nc(Nc2cccc(Cl)c2)cc(C(=O)N(C)C2CCS(=O)(=O)C2)n1. The van der Waals surface area contributed by atoms with Crippen LogP contribution in [0.1, 0.15) is 22.7 Å². The number of hydrogen-bond acceptors (Lipinski definition) is 6. The third-order valence-corrected chi connectivity index (χ3v) is 6.22. The summed E-state index contributed by atoms with van der Waals surface area (Å²) in [7, 11) is -1.46. The van der Waals surface area contributed by atoms with Crippen molar-refractivity contribution in [3.63, 3.8) is 0 Å². The quantitative estimate of drug-likeness (QED) is 0.856. The number of anilines is 2. The summed E-state index contributed by atoms with van der Waals surface area (Å²) in [6.45, 7) is 1.69. The molecule has 0 spiro atoms. The molecule has 1 aliphatic rings. The topological polar surface area (TPSA) is 92.3 Å². The van der Waals surface area contributed by atoms with Crippen molar-refractivity contribution in [3.05, 3.63) is 46.9 Å². The van der Waals surface area contributed by atoms with Crippen molar-refractivity contribution in [1.82, 2.24) is 14.9 Å². The number of carbonyl (C=O) groups is 1. The molecule has 138 valence electrons. The van der Waals surface area contributed by atoms with Gasteiger partial charge in [-0.25, -0.2) is 18.4 Å². The molecule has 26 heavy (non-hydrogen) atoms. The van der Waals surface area contributed by atoms with Crippen molar-refractivity contribution >= 4 is 38.9 Å². The fraction of sp³-hybridized carbons (Fsp3) is 0.353. The second kappa shape index (κ2) is 7.20. The van der Waals surface area contributed by atoms with E-state index in [1.807, 2.05) is 6.07 Å². The van der Waals surface area contributed by atoms with Crippen LogP contribution in [0.5, 0.6) is 0 Å². The summed E-state index contributed by atoms with van der Waals surface area (Å²) in [4.78, 5) is 22.7. The van der Waals surface area contributed by atoms with E-state index in [4.69, 9.17) is 11.6 Å². The number of hydrogen-bond donors (Lipinski definition) is 1. The number of benzene rings is 1. The third-order valence-electron chi connectivity index (χ3n) is 4.23. The Labute approximate surface area is 157 Å². The first-order valence-electron chi connectivity index (χ1n) is 8.09. The molecule has 3 rings (SSSR count). The lowest BCUT2D eigenvalue weighted by Crippen LogP contribution is -2.38. The van der Waals surface area contributed by atoms with Gasteiger partial charge in [-0.2, -0.15) is 0 Å². The van der Waals surface area contributed by atoms with Gasteiger partial charge in [-0.1, -0.05) is 17.7 Å². The lowest BCUT2D eigenvalue weighted by atomic mass is 10.2. The van der Waals surface area contributed by atoms with Crippen molar-refractivity contribution < 1.29 is 13.2 Å². The molecule has 9 heteroatoms. The van der Waals surface area contributed by atoms with Crippen LogP contribution in [0.4, 0.5) is 11.5 Å². The first-order chi connectivity index (χ1) is 12.2. The fourth-order valence-electron chi connectivity index (χ4n) is 2.88. The van der Waals surface area contributed by atoms with Crippen LogP contribution in [0.3, 0.4) is 0 Å². The number of carbonyl (C=O) groups excluding carboxylic acids is 1. The van der Waals surface area contributed by atoms with Gasteiger partial charge in [0.05, 0.1) is 11.5 Å². The normalized spacial score (nSPS) is 18.5. The lowest BCUT2D eigenvalue weighted by Gasteiger charge is -2.23. The van der Waals surface area contributed by atoms with Gasteiger partial charge in [0, 0.05) is 29.9 Å². The summed E-state index contributed by atoms with van der Waals surface area (Å²) in [6.07, 6.45) is 0.447. The summed E-state index contributed by atoms with van der Waals surface area (Å²) in [5.74, 6) is 0.683. The summed E-state index contributed by atoms with van der Waals surface area (Å²) in [5.41, 5.74) is 0.957. The molecule has 1 aromatic carbocycles. The van der Waals surface area contributed by atoms with E-state index in [-0.39, 0.29) is 29.1 Å². The van der Waals surface area contributed by atoms with E-state index < -0.39 is 9.84 Å². The molecule has 0 saturated carbocycles. The first-order valence-corrected chi connectivity index (χ1v) is 10.3. The average Bonchev–Trinajstić information content (AvgIpc) is 2.93. The molecule has 0 radical (unpaired) electrons. The maximum atomic E-state index is 12.7. The second-order valence-electron chi connectivity index (χ2n) is 6.29. The smallest absolute Gasteiger partial charge is 0.272 e. The van der Waals surface area contributed by atoms with Gasteiger partial charge in [-0.05, 0) is 31.5 Å². The predicted octanol–water partition coefficient (Wildman–Crippen LogP) is 2.44. The van der Waals surface area contributed by atoms with Crippen LogP contribution in [0, 0.1) is 6.92 Å². The summed E-state index contributed by atoms with van der Waals surface area (Å²) in [5, 5.41) is 3.68. The first kappa shape index (κ1) is 18.6. The molecule has 1 aliphatic heterocycles. The van der Waals surface area contributed by atoms with Gasteiger partial charge in [-0.3, -0.25) is 4.79 Å². The highest BCUT2D eigenvalue weighted by molar-refractivity contribution is 7.91. The number of rotatable bonds is 4. The molecule has 1 amide bonds. The molecular weight excluding hydrogens is 376 g/mol. The Morgan fingerprint density at radius 1 is 1.31 bits per heavy atom. The van der Waals surface area contributed by atoms with Crippen molar-refractivity contribution in [2.75, 3.05) is 23.9 Å². The molecule has 0 aliphatic carbocycles. The minimum Gasteiger partial charge on any atom is -0.340 e. The fourth-order valence-corrected chi connectivity index (χ4v) is 4.85. The molecule has 1 saturated heterocycles. The van der Waals surface area contributed by atoms with E-state index in [1.165, 1.54) is 4.90 Å². The highest BCUT2D eigenvalue weighted by Gasteiger charge is 2.33. The van der Waals surface area contributed by atoms with Crippen LogP contribution in [-0.2, 0) is 9.84 Å². The predicted molar refractivity (Wildman–Crippen MR) is 101 cm³/mol. The monoisotopic (exact) mass is 394 g/mol. The van der Waals surface area contributed by atoms with E-state index >= 15 is 0 Å². The van der Waals surface area contributed by atoms with E-state index in [0.29, 0.717) is 23.1 Å². The molecule has 2 aromatic rings. The van der Waals surface area contributed by atoms with E-state index in [2.05, 4.69) is 15.3 Å². The number of aryl methyl sites for hydroxylation is 1. The van der Waals surface area contributed by atoms with Gasteiger partial charge in [-0.15, -0.1) is 0 Å². The maximum absolute atomic E-state index is 12.7. The van der Waals surface area contributed by atoms with Crippen molar-refractivity contribution in [2.45, 2.75) is 19.4 Å². The van der Waals surface area contributed by atoms with E-state index in [1.54, 1.807) is 38.2 Å². The zero-order chi connectivity index (χ0) is 18.9. The van der Waals surface area contributed by atoms with Crippen molar-refractivity contribution in [3.8, 4) is 0 Å². The number of nitrogens with zero attached hydrogens (tertiary/aromatic N) is 3. The molecule has 1 atom stereocenters. The number of aromatic nitrogens is 2. The molecule has 1 fully saturated rings. The Morgan fingerprint density at radius 2 is 2.08 bits per heavy atom. The molecule has 1 N–H and O–H groups in total. The van der Waals surface area contributed by atoms with Gasteiger partial charge >= 0.3 is 0 Å². The van der Waals surface area contributed by atoms with Gasteiger partial charge in [0.15, 0.2) is 9.84 Å². The van der Waals surface area contributed by atoms with Gasteiger partial charge in [0.2, 0.25) is 0 Å². The molecule has 7 nitrogen and oxygen atoms in total. The van der Waals surface area contributed by atoms with Crippen LogP contribution >= 0.6 is 11.6 Å². The van der Waals surface area contributed by atoms with E-state index in [0.717, 1.165) is 5.69 Å². The lowest BCUT2D eigenvalue weighted by molar-refractivity contribution is 0.0741. The molecular formula is C17H19ClN4O3S. The van der Waals surface area contributed by atoms with Crippen LogP contribution in [0.25, 0.3) is 0 Å². The third kappa shape index (κ3) is 4.31. The standard InChI is InChI=1S/C17H19ClN4O3S/c1-11-19-15(17(23)22(2)14-6-7-26(24,25)10-14)9-16(20-11)21-13-5-3-4-12(18)8-13/h3-5,8-9,14H,6-7,10H2,1-2H3,(H,19,20,21). The maximum Gasteiger partial charge on any atom is 0.272 e. The Balaban J connectivity index is 1.81. The Hall–Kier alpha value is -2.19. The largest absolute Gasteiger partial charge is 0.340 e. The Bertz CT molecular complexity index is 949. The minimum atomic E-state index is -3.07. The number of halogens is 1.